The van der Waals surface area contributed by atoms with Gasteiger partial charge < -0.3 is 9.80 Å². The maximum Gasteiger partial charge on any atom is 0.0645 e. The van der Waals surface area contributed by atoms with Gasteiger partial charge in [0.05, 0.1) is 23.7 Å². The van der Waals surface area contributed by atoms with E-state index in [1.807, 2.05) is 131 Å². The molecule has 0 fully saturated rings. The van der Waals surface area contributed by atoms with Crippen molar-refractivity contribution in [2.45, 2.75) is 0 Å². The molecule has 0 spiro atoms. The lowest BCUT2D eigenvalue weighted by Crippen LogP contribution is -2.10. The summed E-state index contributed by atoms with van der Waals surface area (Å²) >= 11 is 0. The molecule has 0 N–H and O–H groups in total. The quantitative estimate of drug-likeness (QED) is 0.133. The monoisotopic (exact) mass is 1130 g/mol. The predicted octanol–water partition coefficient (Wildman–Crippen LogP) is 24.5. The van der Waals surface area contributed by atoms with Crippen LogP contribution in [0.3, 0.4) is 0 Å². The molecule has 0 amide bonds. The van der Waals surface area contributed by atoms with Crippen LogP contribution in [-0.4, -0.2) is 0 Å². The van der Waals surface area contributed by atoms with Crippen LogP contribution in [0.2, 0.25) is 0 Å². The van der Waals surface area contributed by atoms with Gasteiger partial charge in [-0.25, -0.2) is 0 Å². The Balaban J connectivity index is 0.000000153. The summed E-state index contributed by atoms with van der Waals surface area (Å²) in [6, 6.07) is 98.4. The molecule has 2 nitrogen and oxygen atoms in total. The van der Waals surface area contributed by atoms with Gasteiger partial charge in [0.25, 0.3) is 0 Å². The number of nitrogens with zero attached hydrogens (tertiary/aromatic N) is 2. The van der Waals surface area contributed by atoms with E-state index < -0.39 is 6.04 Å². The summed E-state index contributed by atoms with van der Waals surface area (Å²) in [6.45, 7) is 0. The Hall–Kier alpha value is -11.6. The maximum atomic E-state index is 9.43. The first-order valence-electron chi connectivity index (χ1n) is 34.1. The summed E-state index contributed by atoms with van der Waals surface area (Å²) in [7, 11) is 0. The standard InChI is InChI=1S/C46H31N.C40H27N/c1-2-12-32(13-3-1)33-22-26-37(27-23-33)47(46-31-36-15-5-7-17-40(36)42-19-10-11-21-44(42)46)38-28-24-34(25-29-38)45-30-35-14-4-6-16-39(35)41-18-8-9-20-43(41)45;1-2-14-31(15-3-1)41(40-27-30-13-5-7-17-34(30)36-19-10-11-21-38(36)40)32-24-22-28(23-25-32)39-26-29-12-4-6-16-33(29)35-18-8-9-20-37(35)39/h1-31H;1-27H/i22D,23D,26D,27D;1D,2D,3D,14D,15D. The second kappa shape index (κ2) is 22.4. The number of hydrogen-bond acceptors (Lipinski definition) is 2. The first-order valence-corrected chi connectivity index (χ1v) is 29.6. The van der Waals surface area contributed by atoms with E-state index in [9.17, 15) is 5.48 Å². The molecule has 0 atom stereocenters. The molecular weight excluding hydrogens is 1060 g/mol. The molecule has 0 aromatic heterocycles. The Kier molecular flexibility index (Phi) is 11.0. The molecule has 0 unspecified atom stereocenters. The summed E-state index contributed by atoms with van der Waals surface area (Å²) in [5.41, 5.74) is 8.47. The lowest BCUT2D eigenvalue weighted by Gasteiger charge is -2.28. The third-order valence-corrected chi connectivity index (χ3v) is 17.0. The van der Waals surface area contributed by atoms with Gasteiger partial charge in [-0.15, -0.1) is 0 Å². The van der Waals surface area contributed by atoms with E-state index in [1.54, 1.807) is 0 Å². The van der Waals surface area contributed by atoms with Crippen LogP contribution in [-0.2, 0) is 0 Å². The molecule has 0 radical (unpaired) electrons. The van der Waals surface area contributed by atoms with Gasteiger partial charge in [0.2, 0.25) is 0 Å². The number of fused-ring (bicyclic) bond motifs is 12. The topological polar surface area (TPSA) is 6.48 Å². The van der Waals surface area contributed by atoms with Gasteiger partial charge >= 0.3 is 0 Å². The van der Waals surface area contributed by atoms with Crippen molar-refractivity contribution in [1.82, 2.24) is 0 Å². The zero-order valence-corrected chi connectivity index (χ0v) is 47.7. The van der Waals surface area contributed by atoms with E-state index >= 15 is 0 Å². The molecule has 17 aromatic carbocycles. The Morgan fingerprint density at radius 1 is 0.193 bits per heavy atom. The van der Waals surface area contributed by atoms with Crippen LogP contribution in [0.25, 0.3) is 120 Å². The molecule has 0 aliphatic carbocycles. The maximum absolute atomic E-state index is 9.43. The molecule has 0 aliphatic heterocycles. The molecule has 0 aliphatic rings. The van der Waals surface area contributed by atoms with E-state index in [-0.39, 0.29) is 65.3 Å². The van der Waals surface area contributed by atoms with Crippen molar-refractivity contribution in [2.75, 3.05) is 9.80 Å². The van der Waals surface area contributed by atoms with Crippen molar-refractivity contribution in [3.8, 4) is 33.4 Å². The lowest BCUT2D eigenvalue weighted by molar-refractivity contribution is 1.30. The fourth-order valence-electron chi connectivity index (χ4n) is 12.9. The van der Waals surface area contributed by atoms with Gasteiger partial charge in [0.1, 0.15) is 0 Å². The van der Waals surface area contributed by atoms with Crippen LogP contribution in [0, 0.1) is 0 Å². The summed E-state index contributed by atoms with van der Waals surface area (Å²) < 4.78 is 80.5. The predicted molar refractivity (Wildman–Crippen MR) is 379 cm³/mol. The van der Waals surface area contributed by atoms with E-state index in [0.29, 0.717) is 11.3 Å². The molecule has 17 aromatic rings. The third kappa shape index (κ3) is 9.41. The largest absolute Gasteiger partial charge is 0.310 e. The third-order valence-electron chi connectivity index (χ3n) is 17.0. The smallest absolute Gasteiger partial charge is 0.0645 e. The van der Waals surface area contributed by atoms with E-state index in [1.165, 1.54) is 26.9 Å². The molecular formula is C86H58N2. The molecule has 2 heteroatoms. The van der Waals surface area contributed by atoms with Gasteiger partial charge in [-0.1, -0.05) is 279 Å². The molecule has 0 saturated heterocycles. The van der Waals surface area contributed by atoms with Gasteiger partial charge in [0, 0.05) is 33.5 Å². The molecule has 0 heterocycles. The number of rotatable bonds is 9. The van der Waals surface area contributed by atoms with Crippen LogP contribution < -0.4 is 9.80 Å². The van der Waals surface area contributed by atoms with Crippen LogP contribution in [0.15, 0.2) is 352 Å². The van der Waals surface area contributed by atoms with Gasteiger partial charge in [-0.2, -0.15) is 0 Å². The minimum Gasteiger partial charge on any atom is -0.310 e. The first kappa shape index (κ1) is 43.1. The van der Waals surface area contributed by atoms with E-state index in [0.717, 1.165) is 98.6 Å². The van der Waals surface area contributed by atoms with Crippen LogP contribution >= 0.6 is 0 Å². The normalized spacial score (nSPS) is 12.8. The Morgan fingerprint density at radius 2 is 0.500 bits per heavy atom. The Labute approximate surface area is 525 Å². The molecule has 0 bridgehead atoms. The molecule has 17 rings (SSSR count). The molecule has 88 heavy (non-hydrogen) atoms. The highest BCUT2D eigenvalue weighted by atomic mass is 15.1. The number of para-hydroxylation sites is 1. The SMILES string of the molecule is [2H]c1c([2H])c(N(c2ccc(-c3cc4ccccc4c4ccccc34)cc2)c2cc3ccccc3c3ccccc23)c([2H])c([2H])c1-c1ccccc1.[2H]c1c([2H])c([2H])c(N(c2ccc(-c3cc4ccccc4c4ccccc34)cc2)c2cc3ccccc3c3ccccc23)c([2H])c1[2H]. The first-order chi connectivity index (χ1) is 47.4. The highest BCUT2D eigenvalue weighted by molar-refractivity contribution is 6.18. The van der Waals surface area contributed by atoms with Crippen molar-refractivity contribution in [3.63, 3.8) is 0 Å². The highest BCUT2D eigenvalue weighted by Gasteiger charge is 2.21. The fraction of sp³-hybridized carbons (Fsp3) is 0. The zero-order chi connectivity index (χ0) is 66.2. The van der Waals surface area contributed by atoms with E-state index in [2.05, 4.69) is 176 Å². The zero-order valence-electron chi connectivity index (χ0n) is 56.7. The van der Waals surface area contributed by atoms with Gasteiger partial charge in [0.15, 0.2) is 0 Å². The highest BCUT2D eigenvalue weighted by Crippen LogP contribution is 2.46. The van der Waals surface area contributed by atoms with Crippen molar-refractivity contribution < 1.29 is 12.3 Å². The molecule has 412 valence electrons. The number of hydrogen-bond donors (Lipinski definition) is 0. The Bertz CT molecular complexity index is 5960. The second-order valence-corrected chi connectivity index (χ2v) is 22.0. The summed E-state index contributed by atoms with van der Waals surface area (Å²) in [6.07, 6.45) is 0. The summed E-state index contributed by atoms with van der Waals surface area (Å²) in [5, 5.41) is 17.6. The number of anilines is 6. The van der Waals surface area contributed by atoms with E-state index in [4.69, 9.17) is 6.85 Å². The second-order valence-electron chi connectivity index (χ2n) is 22.0. The molecule has 0 saturated carbocycles. The summed E-state index contributed by atoms with van der Waals surface area (Å²) in [5.74, 6) is 0. The minimum absolute atomic E-state index is 0.0773. The average molecular weight is 1130 g/mol. The van der Waals surface area contributed by atoms with Crippen LogP contribution in [0.4, 0.5) is 34.1 Å². The van der Waals surface area contributed by atoms with Crippen molar-refractivity contribution in [2.24, 2.45) is 0 Å². The van der Waals surface area contributed by atoms with Crippen molar-refractivity contribution >= 4 is 120 Å². The van der Waals surface area contributed by atoms with Crippen molar-refractivity contribution in [3.05, 3.63) is 352 Å². The van der Waals surface area contributed by atoms with Crippen LogP contribution in [0.5, 0.6) is 0 Å². The van der Waals surface area contributed by atoms with Crippen molar-refractivity contribution in [1.29, 1.82) is 0 Å². The summed E-state index contributed by atoms with van der Waals surface area (Å²) in [4.78, 5) is 3.73. The Morgan fingerprint density at radius 3 is 0.898 bits per heavy atom. The lowest BCUT2D eigenvalue weighted by atomic mass is 9.93. The fourth-order valence-corrected chi connectivity index (χ4v) is 12.9. The van der Waals surface area contributed by atoms with Gasteiger partial charge in [-0.3, -0.25) is 0 Å². The minimum atomic E-state index is -0.416. The average Bonchev–Trinajstić information content (AvgIpc) is 0.719. The van der Waals surface area contributed by atoms with Crippen LogP contribution in [0.1, 0.15) is 12.3 Å². The van der Waals surface area contributed by atoms with Gasteiger partial charge in [-0.05, 0) is 181 Å². The number of benzene rings is 17.